The quantitative estimate of drug-likeness (QED) is 0.886. The van der Waals surface area contributed by atoms with E-state index in [2.05, 4.69) is 5.32 Å². The molecule has 0 bridgehead atoms. The molecule has 2 fully saturated rings. The Morgan fingerprint density at radius 1 is 1.20 bits per heavy atom. The SMILES string of the molecule is NC(=O)c1cc(NC2CCCC(C3CC3)C2)ccc1Cl. The highest BCUT2D eigenvalue weighted by Crippen LogP contribution is 2.44. The van der Waals surface area contributed by atoms with E-state index < -0.39 is 5.91 Å². The van der Waals surface area contributed by atoms with Crippen LogP contribution in [0.1, 0.15) is 48.9 Å². The molecular weight excluding hydrogens is 272 g/mol. The Balaban J connectivity index is 1.67. The Morgan fingerprint density at radius 2 is 2.00 bits per heavy atom. The number of carbonyl (C=O) groups is 1. The van der Waals surface area contributed by atoms with Crippen molar-refractivity contribution in [2.24, 2.45) is 17.6 Å². The third-order valence-electron chi connectivity index (χ3n) is 4.61. The van der Waals surface area contributed by atoms with Crippen LogP contribution in [0.15, 0.2) is 18.2 Å². The van der Waals surface area contributed by atoms with Gasteiger partial charge >= 0.3 is 0 Å². The Bertz CT molecular complexity index is 513. The summed E-state index contributed by atoms with van der Waals surface area (Å²) >= 11 is 5.98. The van der Waals surface area contributed by atoms with Crippen LogP contribution in [0.4, 0.5) is 5.69 Å². The van der Waals surface area contributed by atoms with Crippen LogP contribution in [-0.4, -0.2) is 11.9 Å². The van der Waals surface area contributed by atoms with Gasteiger partial charge in [0.05, 0.1) is 10.6 Å². The minimum absolute atomic E-state index is 0.395. The first kappa shape index (κ1) is 13.7. The van der Waals surface area contributed by atoms with E-state index in [9.17, 15) is 4.79 Å². The number of hydrogen-bond acceptors (Lipinski definition) is 2. The molecule has 0 saturated heterocycles. The van der Waals surface area contributed by atoms with E-state index in [0.717, 1.165) is 17.5 Å². The highest BCUT2D eigenvalue weighted by Gasteiger charge is 2.34. The Morgan fingerprint density at radius 3 is 2.70 bits per heavy atom. The molecule has 0 spiro atoms. The standard InChI is InChI=1S/C16H21ClN2O/c17-15-7-6-13(9-14(15)16(18)20)19-12-3-1-2-11(8-12)10-4-5-10/h6-7,9-12,19H,1-5,8H2,(H2,18,20). The first-order valence-corrected chi connectivity index (χ1v) is 7.87. The maximum Gasteiger partial charge on any atom is 0.250 e. The molecule has 3 rings (SSSR count). The van der Waals surface area contributed by atoms with Gasteiger partial charge in [0.1, 0.15) is 0 Å². The van der Waals surface area contributed by atoms with Crippen molar-refractivity contribution in [1.29, 1.82) is 0 Å². The van der Waals surface area contributed by atoms with Crippen LogP contribution in [0.2, 0.25) is 5.02 Å². The Hall–Kier alpha value is -1.22. The molecule has 0 radical (unpaired) electrons. The van der Waals surface area contributed by atoms with E-state index in [1.165, 1.54) is 38.5 Å². The molecule has 1 aromatic rings. The fraction of sp³-hybridized carbons (Fsp3) is 0.562. The molecule has 2 aliphatic rings. The Kier molecular flexibility index (Phi) is 3.88. The van der Waals surface area contributed by atoms with Crippen molar-refractivity contribution in [2.45, 2.75) is 44.6 Å². The first-order valence-electron chi connectivity index (χ1n) is 7.49. The average Bonchev–Trinajstić information content (AvgIpc) is 3.25. The zero-order valence-electron chi connectivity index (χ0n) is 11.6. The molecular formula is C16H21ClN2O. The maximum absolute atomic E-state index is 11.3. The summed E-state index contributed by atoms with van der Waals surface area (Å²) in [4.78, 5) is 11.3. The first-order chi connectivity index (χ1) is 9.63. The molecule has 3 nitrogen and oxygen atoms in total. The van der Waals surface area contributed by atoms with Crippen molar-refractivity contribution < 1.29 is 4.79 Å². The fourth-order valence-corrected chi connectivity index (χ4v) is 3.60. The lowest BCUT2D eigenvalue weighted by Gasteiger charge is -2.30. The normalized spacial score (nSPS) is 26.2. The van der Waals surface area contributed by atoms with Gasteiger partial charge in [-0.15, -0.1) is 0 Å². The minimum atomic E-state index is -0.474. The van der Waals surface area contributed by atoms with E-state index >= 15 is 0 Å². The van der Waals surface area contributed by atoms with E-state index in [0.29, 0.717) is 16.6 Å². The van der Waals surface area contributed by atoms with Crippen molar-refractivity contribution in [1.82, 2.24) is 0 Å². The molecule has 0 aromatic heterocycles. The van der Waals surface area contributed by atoms with E-state index in [-0.39, 0.29) is 0 Å². The molecule has 0 aliphatic heterocycles. The number of rotatable bonds is 4. The largest absolute Gasteiger partial charge is 0.382 e. The summed E-state index contributed by atoms with van der Waals surface area (Å²) in [5, 5.41) is 3.97. The van der Waals surface area contributed by atoms with Crippen molar-refractivity contribution in [3.05, 3.63) is 28.8 Å². The second kappa shape index (κ2) is 5.65. The van der Waals surface area contributed by atoms with Gasteiger partial charge in [-0.2, -0.15) is 0 Å². The van der Waals surface area contributed by atoms with Gasteiger partial charge in [0.25, 0.3) is 0 Å². The van der Waals surface area contributed by atoms with Crippen LogP contribution in [0.25, 0.3) is 0 Å². The summed E-state index contributed by atoms with van der Waals surface area (Å²) < 4.78 is 0. The number of halogens is 1. The monoisotopic (exact) mass is 292 g/mol. The van der Waals surface area contributed by atoms with Crippen LogP contribution in [0.3, 0.4) is 0 Å². The predicted molar refractivity (Wildman–Crippen MR) is 82.1 cm³/mol. The number of amides is 1. The van der Waals surface area contributed by atoms with Gasteiger partial charge in [-0.25, -0.2) is 0 Å². The maximum atomic E-state index is 11.3. The smallest absolute Gasteiger partial charge is 0.250 e. The number of primary amides is 1. The number of benzene rings is 1. The molecule has 0 heterocycles. The van der Waals surface area contributed by atoms with Crippen LogP contribution < -0.4 is 11.1 Å². The molecule has 1 aromatic carbocycles. The van der Waals surface area contributed by atoms with Crippen molar-refractivity contribution in [3.63, 3.8) is 0 Å². The second-order valence-electron chi connectivity index (χ2n) is 6.16. The fourth-order valence-electron chi connectivity index (χ4n) is 3.39. The van der Waals surface area contributed by atoms with Gasteiger partial charge in [0.2, 0.25) is 5.91 Å². The molecule has 2 unspecified atom stereocenters. The minimum Gasteiger partial charge on any atom is -0.382 e. The van der Waals surface area contributed by atoms with Crippen LogP contribution in [0, 0.1) is 11.8 Å². The molecule has 2 saturated carbocycles. The van der Waals surface area contributed by atoms with Crippen molar-refractivity contribution in [3.8, 4) is 0 Å². The molecule has 2 atom stereocenters. The Labute approximate surface area is 124 Å². The lowest BCUT2D eigenvalue weighted by Crippen LogP contribution is -2.28. The van der Waals surface area contributed by atoms with Gasteiger partial charge in [0.15, 0.2) is 0 Å². The van der Waals surface area contributed by atoms with E-state index in [4.69, 9.17) is 17.3 Å². The zero-order valence-corrected chi connectivity index (χ0v) is 12.3. The third kappa shape index (κ3) is 3.09. The van der Waals surface area contributed by atoms with Gasteiger partial charge in [-0.05, 0) is 55.7 Å². The lowest BCUT2D eigenvalue weighted by molar-refractivity contribution is 0.100. The van der Waals surface area contributed by atoms with Crippen LogP contribution in [-0.2, 0) is 0 Å². The summed E-state index contributed by atoms with van der Waals surface area (Å²) in [6.07, 6.45) is 7.98. The zero-order chi connectivity index (χ0) is 14.1. The topological polar surface area (TPSA) is 55.1 Å². The molecule has 108 valence electrons. The van der Waals surface area contributed by atoms with Crippen molar-refractivity contribution >= 4 is 23.2 Å². The van der Waals surface area contributed by atoms with Crippen LogP contribution >= 0.6 is 11.6 Å². The second-order valence-corrected chi connectivity index (χ2v) is 6.57. The van der Waals surface area contributed by atoms with Gasteiger partial charge in [-0.1, -0.05) is 24.4 Å². The molecule has 20 heavy (non-hydrogen) atoms. The molecule has 2 aliphatic carbocycles. The van der Waals surface area contributed by atoms with E-state index in [1.807, 2.05) is 6.07 Å². The van der Waals surface area contributed by atoms with Gasteiger partial charge < -0.3 is 11.1 Å². The number of nitrogens with one attached hydrogen (secondary N) is 1. The van der Waals surface area contributed by atoms with Crippen molar-refractivity contribution in [2.75, 3.05) is 5.32 Å². The highest BCUT2D eigenvalue weighted by atomic mass is 35.5. The molecule has 1 amide bonds. The number of hydrogen-bond donors (Lipinski definition) is 2. The summed E-state index contributed by atoms with van der Waals surface area (Å²) in [5.41, 5.74) is 6.68. The third-order valence-corrected chi connectivity index (χ3v) is 4.94. The predicted octanol–water partition coefficient (Wildman–Crippen LogP) is 3.82. The van der Waals surface area contributed by atoms with Crippen LogP contribution in [0.5, 0.6) is 0 Å². The summed E-state index contributed by atoms with van der Waals surface area (Å²) in [6.45, 7) is 0. The lowest BCUT2D eigenvalue weighted by atomic mass is 9.82. The average molecular weight is 293 g/mol. The number of anilines is 1. The van der Waals surface area contributed by atoms with Gasteiger partial charge in [-0.3, -0.25) is 4.79 Å². The van der Waals surface area contributed by atoms with Gasteiger partial charge in [0, 0.05) is 11.7 Å². The molecule has 4 heteroatoms. The van der Waals surface area contributed by atoms with E-state index in [1.54, 1.807) is 12.1 Å². The molecule has 3 N–H and O–H groups in total. The highest BCUT2D eigenvalue weighted by molar-refractivity contribution is 6.33. The summed E-state index contributed by atoms with van der Waals surface area (Å²) in [6, 6.07) is 5.95. The number of nitrogens with two attached hydrogens (primary N) is 1. The summed E-state index contributed by atoms with van der Waals surface area (Å²) in [5.74, 6) is 1.40. The summed E-state index contributed by atoms with van der Waals surface area (Å²) in [7, 11) is 0. The number of carbonyl (C=O) groups excluding carboxylic acids is 1.